The molecule has 3 nitrogen and oxygen atoms in total. The van der Waals surface area contributed by atoms with E-state index >= 15 is 0 Å². The van der Waals surface area contributed by atoms with Gasteiger partial charge in [-0.2, -0.15) is 0 Å². The molecular weight excluding hydrogens is 260 g/mol. The van der Waals surface area contributed by atoms with Crippen LogP contribution in [0.25, 0.3) is 0 Å². The molecule has 0 unspecified atom stereocenters. The highest BCUT2D eigenvalue weighted by molar-refractivity contribution is 6.33. The van der Waals surface area contributed by atoms with Gasteiger partial charge in [0.1, 0.15) is 0 Å². The zero-order valence-electron chi connectivity index (χ0n) is 11.4. The van der Waals surface area contributed by atoms with Crippen LogP contribution in [0.5, 0.6) is 0 Å². The number of anilines is 1. The summed E-state index contributed by atoms with van der Waals surface area (Å²) in [4.78, 5) is 14.0. The Morgan fingerprint density at radius 3 is 2.74 bits per heavy atom. The van der Waals surface area contributed by atoms with E-state index in [0.717, 1.165) is 12.5 Å². The van der Waals surface area contributed by atoms with Crippen molar-refractivity contribution >= 4 is 23.2 Å². The molecule has 1 saturated carbocycles. The monoisotopic (exact) mass is 280 g/mol. The predicted octanol–water partition coefficient (Wildman–Crippen LogP) is 3.40. The molecule has 0 heterocycles. The lowest BCUT2D eigenvalue weighted by Gasteiger charge is -2.20. The molecule has 0 radical (unpaired) electrons. The molecule has 1 fully saturated rings. The van der Waals surface area contributed by atoms with Crippen molar-refractivity contribution in [2.45, 2.75) is 25.7 Å². The van der Waals surface area contributed by atoms with E-state index in [2.05, 4.69) is 10.2 Å². The zero-order valence-corrected chi connectivity index (χ0v) is 12.1. The van der Waals surface area contributed by atoms with Crippen molar-refractivity contribution in [3.05, 3.63) is 29.3 Å². The van der Waals surface area contributed by atoms with Gasteiger partial charge in [-0.1, -0.05) is 36.6 Å². The Bertz CT molecular complexity index is 430. The number of halogens is 1. The predicted molar refractivity (Wildman–Crippen MR) is 79.5 cm³/mol. The van der Waals surface area contributed by atoms with Crippen LogP contribution < -0.4 is 5.32 Å². The second-order valence-corrected chi connectivity index (χ2v) is 5.78. The van der Waals surface area contributed by atoms with E-state index in [4.69, 9.17) is 11.6 Å². The summed E-state index contributed by atoms with van der Waals surface area (Å²) >= 11 is 6.01. The molecule has 2 rings (SSSR count). The van der Waals surface area contributed by atoms with Crippen LogP contribution in [-0.2, 0) is 4.79 Å². The molecule has 104 valence electrons. The van der Waals surface area contributed by atoms with E-state index in [1.165, 1.54) is 25.7 Å². The number of nitrogens with one attached hydrogen (secondary N) is 1. The fourth-order valence-corrected chi connectivity index (χ4v) is 2.88. The van der Waals surface area contributed by atoms with Crippen LogP contribution in [0.1, 0.15) is 25.7 Å². The number of hydrogen-bond donors (Lipinski definition) is 1. The van der Waals surface area contributed by atoms with Crippen LogP contribution in [0.3, 0.4) is 0 Å². The van der Waals surface area contributed by atoms with Gasteiger partial charge in [0.15, 0.2) is 0 Å². The fraction of sp³-hybridized carbons (Fsp3) is 0.533. The van der Waals surface area contributed by atoms with Crippen molar-refractivity contribution in [3.8, 4) is 0 Å². The average molecular weight is 281 g/mol. The number of hydrogen-bond acceptors (Lipinski definition) is 2. The number of likely N-dealkylation sites (N-methyl/N-ethyl adjacent to an activating group) is 1. The van der Waals surface area contributed by atoms with E-state index in [1.807, 2.05) is 25.2 Å². The highest BCUT2D eigenvalue weighted by Crippen LogP contribution is 2.25. The van der Waals surface area contributed by atoms with E-state index in [9.17, 15) is 4.79 Å². The molecule has 1 aromatic rings. The van der Waals surface area contributed by atoms with Crippen molar-refractivity contribution in [3.63, 3.8) is 0 Å². The normalized spacial score (nSPS) is 15.9. The van der Waals surface area contributed by atoms with Gasteiger partial charge in [0.2, 0.25) is 5.91 Å². The van der Waals surface area contributed by atoms with E-state index in [0.29, 0.717) is 17.3 Å². The van der Waals surface area contributed by atoms with E-state index < -0.39 is 0 Å². The molecule has 0 aliphatic heterocycles. The Hall–Kier alpha value is -1.06. The van der Waals surface area contributed by atoms with Crippen LogP contribution in [-0.4, -0.2) is 30.9 Å². The van der Waals surface area contributed by atoms with Gasteiger partial charge < -0.3 is 5.32 Å². The maximum absolute atomic E-state index is 11.9. The van der Waals surface area contributed by atoms with Crippen LogP contribution in [0.4, 0.5) is 5.69 Å². The molecule has 1 aromatic carbocycles. The van der Waals surface area contributed by atoms with Crippen molar-refractivity contribution in [2.75, 3.05) is 25.5 Å². The quantitative estimate of drug-likeness (QED) is 0.896. The van der Waals surface area contributed by atoms with Gasteiger partial charge in [-0.25, -0.2) is 0 Å². The Labute approximate surface area is 119 Å². The average Bonchev–Trinajstić information content (AvgIpc) is 2.84. The minimum atomic E-state index is -0.00593. The maximum Gasteiger partial charge on any atom is 0.238 e. The van der Waals surface area contributed by atoms with Gasteiger partial charge >= 0.3 is 0 Å². The number of para-hydroxylation sites is 1. The molecule has 0 saturated heterocycles. The Morgan fingerprint density at radius 1 is 1.37 bits per heavy atom. The van der Waals surface area contributed by atoms with Gasteiger partial charge in [-0.15, -0.1) is 0 Å². The SMILES string of the molecule is CN(CC(=O)Nc1ccccc1Cl)CC1CCCC1. The smallest absolute Gasteiger partial charge is 0.238 e. The largest absolute Gasteiger partial charge is 0.324 e. The third kappa shape index (κ3) is 4.51. The van der Waals surface area contributed by atoms with Crippen LogP contribution in [0.15, 0.2) is 24.3 Å². The first kappa shape index (κ1) is 14.4. The molecular formula is C15H21ClN2O. The summed E-state index contributed by atoms with van der Waals surface area (Å²) in [6.07, 6.45) is 5.28. The number of rotatable bonds is 5. The third-order valence-electron chi connectivity index (χ3n) is 3.61. The minimum Gasteiger partial charge on any atom is -0.324 e. The number of benzene rings is 1. The topological polar surface area (TPSA) is 32.3 Å². The van der Waals surface area contributed by atoms with E-state index in [1.54, 1.807) is 6.07 Å². The molecule has 1 aliphatic rings. The van der Waals surface area contributed by atoms with Gasteiger partial charge in [0, 0.05) is 6.54 Å². The highest BCUT2D eigenvalue weighted by atomic mass is 35.5. The van der Waals surface area contributed by atoms with Crippen LogP contribution in [0.2, 0.25) is 5.02 Å². The summed E-state index contributed by atoms with van der Waals surface area (Å²) in [6, 6.07) is 7.31. The molecule has 1 N–H and O–H groups in total. The molecule has 19 heavy (non-hydrogen) atoms. The van der Waals surface area contributed by atoms with Crippen molar-refractivity contribution < 1.29 is 4.79 Å². The Kier molecular flexibility index (Phi) is 5.23. The van der Waals surface area contributed by atoms with E-state index in [-0.39, 0.29) is 5.91 Å². The zero-order chi connectivity index (χ0) is 13.7. The second-order valence-electron chi connectivity index (χ2n) is 5.38. The Balaban J connectivity index is 1.79. The molecule has 1 amide bonds. The summed E-state index contributed by atoms with van der Waals surface area (Å²) in [6.45, 7) is 1.43. The standard InChI is InChI=1S/C15H21ClN2O/c1-18(10-12-6-2-3-7-12)11-15(19)17-14-9-5-4-8-13(14)16/h4-5,8-9,12H,2-3,6-7,10-11H2,1H3,(H,17,19). The maximum atomic E-state index is 11.9. The Morgan fingerprint density at radius 2 is 2.05 bits per heavy atom. The number of carbonyl (C=O) groups is 1. The first-order chi connectivity index (χ1) is 9.15. The highest BCUT2D eigenvalue weighted by Gasteiger charge is 2.18. The number of nitrogens with zero attached hydrogens (tertiary/aromatic N) is 1. The summed E-state index contributed by atoms with van der Waals surface area (Å²) in [5, 5.41) is 3.43. The minimum absolute atomic E-state index is 0.00593. The lowest BCUT2D eigenvalue weighted by atomic mass is 10.1. The number of amides is 1. The van der Waals surface area contributed by atoms with Gasteiger partial charge in [-0.3, -0.25) is 9.69 Å². The van der Waals surface area contributed by atoms with Gasteiger partial charge in [-0.05, 0) is 37.9 Å². The van der Waals surface area contributed by atoms with Crippen LogP contribution in [0, 0.1) is 5.92 Å². The van der Waals surface area contributed by atoms with Crippen molar-refractivity contribution in [2.24, 2.45) is 5.92 Å². The molecule has 0 bridgehead atoms. The first-order valence-electron chi connectivity index (χ1n) is 6.88. The lowest BCUT2D eigenvalue weighted by molar-refractivity contribution is -0.117. The van der Waals surface area contributed by atoms with Gasteiger partial charge in [0.05, 0.1) is 17.3 Å². The first-order valence-corrected chi connectivity index (χ1v) is 7.26. The lowest BCUT2D eigenvalue weighted by Crippen LogP contribution is -2.33. The van der Waals surface area contributed by atoms with Crippen LogP contribution >= 0.6 is 11.6 Å². The molecule has 1 aliphatic carbocycles. The summed E-state index contributed by atoms with van der Waals surface area (Å²) < 4.78 is 0. The summed E-state index contributed by atoms with van der Waals surface area (Å²) in [7, 11) is 2.00. The number of carbonyl (C=O) groups excluding carboxylic acids is 1. The van der Waals surface area contributed by atoms with Gasteiger partial charge in [0.25, 0.3) is 0 Å². The summed E-state index contributed by atoms with van der Waals surface area (Å²) in [5.41, 5.74) is 0.684. The molecule has 0 atom stereocenters. The molecule has 0 aromatic heterocycles. The summed E-state index contributed by atoms with van der Waals surface area (Å²) in [5.74, 6) is 0.756. The molecule has 0 spiro atoms. The molecule has 4 heteroatoms. The van der Waals surface area contributed by atoms with Crippen molar-refractivity contribution in [1.82, 2.24) is 4.90 Å². The second kappa shape index (κ2) is 6.92. The fourth-order valence-electron chi connectivity index (χ4n) is 2.70. The third-order valence-corrected chi connectivity index (χ3v) is 3.94. The van der Waals surface area contributed by atoms with Crippen molar-refractivity contribution in [1.29, 1.82) is 0 Å².